The highest BCUT2D eigenvalue weighted by Gasteiger charge is 2.08. The molecule has 0 aliphatic rings. The third-order valence-corrected chi connectivity index (χ3v) is 2.21. The van der Waals surface area contributed by atoms with Crippen LogP contribution in [0.15, 0.2) is 22.9 Å². The predicted molar refractivity (Wildman–Crippen MR) is 55.2 cm³/mol. The van der Waals surface area contributed by atoms with Gasteiger partial charge in [0.2, 0.25) is 5.89 Å². The lowest BCUT2D eigenvalue weighted by Crippen LogP contribution is -2.12. The number of aromatic nitrogens is 3. The summed E-state index contributed by atoms with van der Waals surface area (Å²) in [6.45, 7) is 4.33. The first-order valence-electron chi connectivity index (χ1n) is 4.86. The van der Waals surface area contributed by atoms with Crippen LogP contribution < -0.4 is 5.73 Å². The fourth-order valence-corrected chi connectivity index (χ4v) is 1.54. The van der Waals surface area contributed by atoms with E-state index in [0.29, 0.717) is 18.3 Å². The van der Waals surface area contributed by atoms with Crippen LogP contribution in [0.4, 0.5) is 0 Å². The summed E-state index contributed by atoms with van der Waals surface area (Å²) in [6, 6.07) is 3.97. The van der Waals surface area contributed by atoms with E-state index in [4.69, 9.17) is 10.3 Å². The van der Waals surface area contributed by atoms with Crippen LogP contribution in [0, 0.1) is 6.92 Å². The Morgan fingerprint density at radius 1 is 1.60 bits per heavy atom. The maximum atomic E-state index is 5.83. The minimum Gasteiger partial charge on any atom is -0.342 e. The number of hydrogen-bond acceptors (Lipinski definition) is 4. The van der Waals surface area contributed by atoms with Crippen molar-refractivity contribution < 1.29 is 4.52 Å². The molecule has 2 heterocycles. The molecular formula is C10H14N4O. The summed E-state index contributed by atoms with van der Waals surface area (Å²) in [7, 11) is 0. The molecule has 0 aliphatic heterocycles. The van der Waals surface area contributed by atoms with Crippen molar-refractivity contribution in [3.8, 4) is 0 Å². The van der Waals surface area contributed by atoms with E-state index in [1.807, 2.05) is 29.8 Å². The Kier molecular flexibility index (Phi) is 2.55. The first-order valence-corrected chi connectivity index (χ1v) is 4.86. The number of aryl methyl sites for hydroxylation is 1. The third kappa shape index (κ3) is 2.07. The van der Waals surface area contributed by atoms with Crippen LogP contribution >= 0.6 is 0 Å². The van der Waals surface area contributed by atoms with Crippen molar-refractivity contribution >= 4 is 0 Å². The van der Waals surface area contributed by atoms with Crippen molar-refractivity contribution in [3.05, 3.63) is 35.7 Å². The average Bonchev–Trinajstić information content (AvgIpc) is 2.75. The van der Waals surface area contributed by atoms with E-state index in [1.54, 1.807) is 6.92 Å². The lowest BCUT2D eigenvalue weighted by molar-refractivity contribution is 0.385. The second-order valence-corrected chi connectivity index (χ2v) is 3.58. The smallest absolute Gasteiger partial charge is 0.223 e. The molecule has 2 rings (SSSR count). The highest BCUT2D eigenvalue weighted by atomic mass is 16.5. The fraction of sp³-hybridized carbons (Fsp3) is 0.400. The number of nitrogens with zero attached hydrogens (tertiary/aromatic N) is 3. The predicted octanol–water partition coefficient (Wildman–Crippen LogP) is 1.25. The average molecular weight is 206 g/mol. The normalized spacial score (nSPS) is 13.0. The summed E-state index contributed by atoms with van der Waals surface area (Å²) in [6.07, 6.45) is 1.96. The van der Waals surface area contributed by atoms with Crippen molar-refractivity contribution in [2.75, 3.05) is 0 Å². The second-order valence-electron chi connectivity index (χ2n) is 3.58. The first kappa shape index (κ1) is 9.92. The van der Waals surface area contributed by atoms with Gasteiger partial charge in [0.1, 0.15) is 0 Å². The Labute approximate surface area is 87.9 Å². The van der Waals surface area contributed by atoms with Crippen LogP contribution in [0.5, 0.6) is 0 Å². The Morgan fingerprint density at radius 3 is 3.00 bits per heavy atom. The largest absolute Gasteiger partial charge is 0.342 e. The van der Waals surface area contributed by atoms with Gasteiger partial charge in [0.15, 0.2) is 5.82 Å². The lowest BCUT2D eigenvalue weighted by Gasteiger charge is -2.09. The molecule has 0 spiro atoms. The van der Waals surface area contributed by atoms with E-state index in [1.165, 1.54) is 0 Å². The third-order valence-electron chi connectivity index (χ3n) is 2.21. The van der Waals surface area contributed by atoms with Crippen molar-refractivity contribution in [2.45, 2.75) is 26.4 Å². The second kappa shape index (κ2) is 3.86. The van der Waals surface area contributed by atoms with E-state index in [2.05, 4.69) is 10.1 Å². The number of nitrogens with two attached hydrogens (primary N) is 1. The summed E-state index contributed by atoms with van der Waals surface area (Å²) < 4.78 is 6.93. The fourth-order valence-electron chi connectivity index (χ4n) is 1.54. The molecule has 0 saturated carbocycles. The van der Waals surface area contributed by atoms with Crippen LogP contribution in [0.1, 0.15) is 30.4 Å². The topological polar surface area (TPSA) is 69.9 Å². The van der Waals surface area contributed by atoms with Gasteiger partial charge < -0.3 is 14.8 Å². The monoisotopic (exact) mass is 206 g/mol. The molecule has 1 unspecified atom stereocenters. The molecular weight excluding hydrogens is 192 g/mol. The lowest BCUT2D eigenvalue weighted by atomic mass is 10.2. The quantitative estimate of drug-likeness (QED) is 0.820. The standard InChI is InChI=1S/C10H14N4O/c1-7(11)9-4-3-5-14(9)6-10-12-8(2)15-13-10/h3-5,7H,6,11H2,1-2H3. The summed E-state index contributed by atoms with van der Waals surface area (Å²) in [4.78, 5) is 4.15. The van der Waals surface area contributed by atoms with Crippen LogP contribution in [0.2, 0.25) is 0 Å². The molecule has 2 aromatic rings. The maximum Gasteiger partial charge on any atom is 0.223 e. The van der Waals surface area contributed by atoms with Gasteiger partial charge in [0.25, 0.3) is 0 Å². The molecule has 5 nitrogen and oxygen atoms in total. The maximum absolute atomic E-state index is 5.83. The summed E-state index contributed by atoms with van der Waals surface area (Å²) in [5, 5.41) is 3.84. The van der Waals surface area contributed by atoms with Crippen molar-refractivity contribution in [1.29, 1.82) is 0 Å². The van der Waals surface area contributed by atoms with E-state index in [9.17, 15) is 0 Å². The van der Waals surface area contributed by atoms with Gasteiger partial charge in [-0.05, 0) is 19.1 Å². The van der Waals surface area contributed by atoms with Crippen LogP contribution in [0.3, 0.4) is 0 Å². The molecule has 0 amide bonds. The van der Waals surface area contributed by atoms with Gasteiger partial charge in [-0.1, -0.05) is 5.16 Å². The van der Waals surface area contributed by atoms with Gasteiger partial charge in [0.05, 0.1) is 6.54 Å². The van der Waals surface area contributed by atoms with Crippen LogP contribution in [-0.2, 0) is 6.54 Å². The highest BCUT2D eigenvalue weighted by Crippen LogP contribution is 2.12. The summed E-state index contributed by atoms with van der Waals surface area (Å²) >= 11 is 0. The van der Waals surface area contributed by atoms with Gasteiger partial charge in [0, 0.05) is 24.9 Å². The molecule has 0 fully saturated rings. The number of rotatable bonds is 3. The zero-order valence-electron chi connectivity index (χ0n) is 8.84. The Morgan fingerprint density at radius 2 is 2.40 bits per heavy atom. The Hall–Kier alpha value is -1.62. The molecule has 0 aliphatic carbocycles. The zero-order valence-corrected chi connectivity index (χ0v) is 8.84. The van der Waals surface area contributed by atoms with Crippen molar-refractivity contribution in [2.24, 2.45) is 5.73 Å². The molecule has 0 radical (unpaired) electrons. The van der Waals surface area contributed by atoms with E-state index < -0.39 is 0 Å². The van der Waals surface area contributed by atoms with Crippen molar-refractivity contribution in [1.82, 2.24) is 14.7 Å². The van der Waals surface area contributed by atoms with Crippen molar-refractivity contribution in [3.63, 3.8) is 0 Å². The van der Waals surface area contributed by atoms with E-state index in [-0.39, 0.29) is 6.04 Å². The molecule has 1 atom stereocenters. The van der Waals surface area contributed by atoms with E-state index in [0.717, 1.165) is 5.69 Å². The van der Waals surface area contributed by atoms with Gasteiger partial charge in [-0.15, -0.1) is 0 Å². The highest BCUT2D eigenvalue weighted by molar-refractivity contribution is 5.11. The van der Waals surface area contributed by atoms with Gasteiger partial charge >= 0.3 is 0 Å². The summed E-state index contributed by atoms with van der Waals surface area (Å²) in [5.74, 6) is 1.25. The first-order chi connectivity index (χ1) is 7.16. The Bertz CT molecular complexity index is 444. The van der Waals surface area contributed by atoms with Crippen LogP contribution in [-0.4, -0.2) is 14.7 Å². The molecule has 0 aromatic carbocycles. The molecule has 80 valence electrons. The number of hydrogen-bond donors (Lipinski definition) is 1. The molecule has 0 bridgehead atoms. The molecule has 2 aromatic heterocycles. The molecule has 0 saturated heterocycles. The molecule has 15 heavy (non-hydrogen) atoms. The van der Waals surface area contributed by atoms with Gasteiger partial charge in [-0.2, -0.15) is 4.98 Å². The minimum atomic E-state index is 0.00741. The Balaban J connectivity index is 2.20. The summed E-state index contributed by atoms with van der Waals surface area (Å²) in [5.41, 5.74) is 6.90. The minimum absolute atomic E-state index is 0.00741. The molecule has 5 heteroatoms. The van der Waals surface area contributed by atoms with Crippen LogP contribution in [0.25, 0.3) is 0 Å². The zero-order chi connectivity index (χ0) is 10.8. The van der Waals surface area contributed by atoms with E-state index >= 15 is 0 Å². The molecule has 2 N–H and O–H groups in total. The van der Waals surface area contributed by atoms with Gasteiger partial charge in [-0.3, -0.25) is 0 Å². The SMILES string of the molecule is Cc1nc(Cn2cccc2C(C)N)no1. The van der Waals surface area contributed by atoms with Gasteiger partial charge in [-0.25, -0.2) is 0 Å².